The molecule has 1 nitrogen and oxygen atoms in total. The SMILES string of the molecule is CCC1CCC(CNCc2cc(Cl)ccc2F)CC1. The molecule has 19 heavy (non-hydrogen) atoms. The summed E-state index contributed by atoms with van der Waals surface area (Å²) in [6.07, 6.45) is 6.64. The van der Waals surface area contributed by atoms with Gasteiger partial charge >= 0.3 is 0 Å². The zero-order valence-corrected chi connectivity index (χ0v) is 12.3. The average molecular weight is 284 g/mol. The van der Waals surface area contributed by atoms with Gasteiger partial charge in [0, 0.05) is 17.1 Å². The third-order valence-corrected chi connectivity index (χ3v) is 4.54. The van der Waals surface area contributed by atoms with Crippen LogP contribution in [0.4, 0.5) is 4.39 Å². The van der Waals surface area contributed by atoms with Crippen LogP contribution in [0, 0.1) is 17.7 Å². The van der Waals surface area contributed by atoms with Crippen LogP contribution in [-0.4, -0.2) is 6.54 Å². The maximum Gasteiger partial charge on any atom is 0.127 e. The quantitative estimate of drug-likeness (QED) is 0.820. The predicted octanol–water partition coefficient (Wildman–Crippen LogP) is 4.79. The molecule has 1 aromatic rings. The van der Waals surface area contributed by atoms with Crippen LogP contribution >= 0.6 is 11.6 Å². The average Bonchev–Trinajstić information content (AvgIpc) is 2.43. The molecule has 0 spiro atoms. The zero-order valence-electron chi connectivity index (χ0n) is 11.6. The van der Waals surface area contributed by atoms with Crippen molar-refractivity contribution in [2.24, 2.45) is 11.8 Å². The number of hydrogen-bond donors (Lipinski definition) is 1. The van der Waals surface area contributed by atoms with E-state index in [-0.39, 0.29) is 5.82 Å². The van der Waals surface area contributed by atoms with Gasteiger partial charge in [0.05, 0.1) is 0 Å². The minimum Gasteiger partial charge on any atom is -0.312 e. The van der Waals surface area contributed by atoms with Gasteiger partial charge in [0.15, 0.2) is 0 Å². The number of nitrogens with one attached hydrogen (secondary N) is 1. The molecule has 0 radical (unpaired) electrons. The van der Waals surface area contributed by atoms with Gasteiger partial charge in [-0.3, -0.25) is 0 Å². The van der Waals surface area contributed by atoms with E-state index in [2.05, 4.69) is 12.2 Å². The minimum absolute atomic E-state index is 0.174. The predicted molar refractivity (Wildman–Crippen MR) is 78.9 cm³/mol. The van der Waals surface area contributed by atoms with Crippen molar-refractivity contribution >= 4 is 11.6 Å². The van der Waals surface area contributed by atoms with Gasteiger partial charge in [-0.15, -0.1) is 0 Å². The minimum atomic E-state index is -0.174. The van der Waals surface area contributed by atoms with Crippen LogP contribution in [0.1, 0.15) is 44.6 Å². The highest BCUT2D eigenvalue weighted by Gasteiger charge is 2.19. The number of hydrogen-bond acceptors (Lipinski definition) is 1. The molecule has 0 saturated heterocycles. The molecule has 0 atom stereocenters. The van der Waals surface area contributed by atoms with E-state index >= 15 is 0 Å². The normalized spacial score (nSPS) is 23.5. The first-order valence-corrected chi connectivity index (χ1v) is 7.71. The highest BCUT2D eigenvalue weighted by atomic mass is 35.5. The first-order chi connectivity index (χ1) is 9.19. The number of halogens is 2. The molecule has 0 heterocycles. The van der Waals surface area contributed by atoms with E-state index in [4.69, 9.17) is 11.6 Å². The molecule has 3 heteroatoms. The molecule has 1 aliphatic rings. The van der Waals surface area contributed by atoms with E-state index in [0.717, 1.165) is 18.4 Å². The van der Waals surface area contributed by atoms with Crippen molar-refractivity contribution in [3.05, 3.63) is 34.6 Å². The van der Waals surface area contributed by atoms with Gasteiger partial charge in [-0.05, 0) is 49.4 Å². The molecule has 1 fully saturated rings. The zero-order chi connectivity index (χ0) is 13.7. The Morgan fingerprint density at radius 1 is 1.21 bits per heavy atom. The third-order valence-electron chi connectivity index (χ3n) is 4.30. The van der Waals surface area contributed by atoms with Crippen LogP contribution in [0.15, 0.2) is 18.2 Å². The Labute approximate surface area is 120 Å². The van der Waals surface area contributed by atoms with E-state index in [9.17, 15) is 4.39 Å². The van der Waals surface area contributed by atoms with Crippen LogP contribution in [-0.2, 0) is 6.54 Å². The lowest BCUT2D eigenvalue weighted by atomic mass is 9.81. The lowest BCUT2D eigenvalue weighted by molar-refractivity contribution is 0.262. The van der Waals surface area contributed by atoms with Crippen molar-refractivity contribution in [1.82, 2.24) is 5.32 Å². The van der Waals surface area contributed by atoms with Gasteiger partial charge in [0.1, 0.15) is 5.82 Å². The summed E-state index contributed by atoms with van der Waals surface area (Å²) in [6.45, 7) is 3.84. The van der Waals surface area contributed by atoms with Crippen LogP contribution in [0.2, 0.25) is 5.02 Å². The first kappa shape index (κ1) is 14.8. The molecule has 1 aromatic carbocycles. The van der Waals surface area contributed by atoms with Gasteiger partial charge in [0.25, 0.3) is 0 Å². The molecule has 1 aliphatic carbocycles. The molecular weight excluding hydrogens is 261 g/mol. The van der Waals surface area contributed by atoms with Crippen LogP contribution < -0.4 is 5.32 Å². The van der Waals surface area contributed by atoms with E-state index in [1.54, 1.807) is 12.1 Å². The van der Waals surface area contributed by atoms with Crippen molar-refractivity contribution in [1.29, 1.82) is 0 Å². The van der Waals surface area contributed by atoms with Gasteiger partial charge < -0.3 is 5.32 Å². The molecule has 0 amide bonds. The van der Waals surface area contributed by atoms with Crippen molar-refractivity contribution in [2.75, 3.05) is 6.54 Å². The second-order valence-corrected chi connectivity index (χ2v) is 6.10. The van der Waals surface area contributed by atoms with E-state index in [1.807, 2.05) is 0 Å². The Bertz CT molecular complexity index is 400. The highest BCUT2D eigenvalue weighted by Crippen LogP contribution is 2.30. The summed E-state index contributed by atoms with van der Waals surface area (Å²) in [4.78, 5) is 0. The van der Waals surface area contributed by atoms with Crippen molar-refractivity contribution < 1.29 is 4.39 Å². The molecule has 106 valence electrons. The lowest BCUT2D eigenvalue weighted by Gasteiger charge is -2.28. The second kappa shape index (κ2) is 7.25. The summed E-state index contributed by atoms with van der Waals surface area (Å²) in [6, 6.07) is 4.73. The Morgan fingerprint density at radius 2 is 1.89 bits per heavy atom. The third kappa shape index (κ3) is 4.47. The summed E-state index contributed by atoms with van der Waals surface area (Å²) >= 11 is 5.88. The molecule has 1 N–H and O–H groups in total. The molecule has 0 unspecified atom stereocenters. The lowest BCUT2D eigenvalue weighted by Crippen LogP contribution is -2.26. The van der Waals surface area contributed by atoms with Crippen LogP contribution in [0.3, 0.4) is 0 Å². The topological polar surface area (TPSA) is 12.0 Å². The van der Waals surface area contributed by atoms with E-state index in [1.165, 1.54) is 38.2 Å². The smallest absolute Gasteiger partial charge is 0.127 e. The summed E-state index contributed by atoms with van der Waals surface area (Å²) in [5.74, 6) is 1.51. The van der Waals surface area contributed by atoms with Crippen molar-refractivity contribution in [3.8, 4) is 0 Å². The van der Waals surface area contributed by atoms with Gasteiger partial charge in [-0.1, -0.05) is 37.8 Å². The maximum atomic E-state index is 13.5. The molecule has 0 aliphatic heterocycles. The molecule has 2 rings (SSSR count). The molecular formula is C16H23ClFN. The first-order valence-electron chi connectivity index (χ1n) is 7.33. The largest absolute Gasteiger partial charge is 0.312 e. The second-order valence-electron chi connectivity index (χ2n) is 5.66. The Hall–Kier alpha value is -0.600. The van der Waals surface area contributed by atoms with Crippen molar-refractivity contribution in [2.45, 2.75) is 45.6 Å². The van der Waals surface area contributed by atoms with Gasteiger partial charge in [0.2, 0.25) is 0 Å². The Morgan fingerprint density at radius 3 is 2.58 bits per heavy atom. The number of benzene rings is 1. The monoisotopic (exact) mass is 283 g/mol. The fraction of sp³-hybridized carbons (Fsp3) is 0.625. The summed E-state index contributed by atoms with van der Waals surface area (Å²) in [5.41, 5.74) is 0.662. The van der Waals surface area contributed by atoms with Gasteiger partial charge in [-0.2, -0.15) is 0 Å². The van der Waals surface area contributed by atoms with Crippen LogP contribution in [0.25, 0.3) is 0 Å². The molecule has 0 bridgehead atoms. The van der Waals surface area contributed by atoms with Crippen molar-refractivity contribution in [3.63, 3.8) is 0 Å². The van der Waals surface area contributed by atoms with Gasteiger partial charge in [-0.25, -0.2) is 4.39 Å². The Balaban J connectivity index is 1.73. The Kier molecular flexibility index (Phi) is 5.65. The van der Waals surface area contributed by atoms with E-state index in [0.29, 0.717) is 17.1 Å². The standard InChI is InChI=1S/C16H23ClFN/c1-2-12-3-5-13(6-4-12)10-19-11-14-9-15(17)7-8-16(14)18/h7-9,12-13,19H,2-6,10-11H2,1H3. The number of rotatable bonds is 5. The summed E-state index contributed by atoms with van der Waals surface area (Å²) in [5, 5.41) is 3.97. The van der Waals surface area contributed by atoms with E-state index < -0.39 is 0 Å². The maximum absolute atomic E-state index is 13.5. The molecule has 0 aromatic heterocycles. The highest BCUT2D eigenvalue weighted by molar-refractivity contribution is 6.30. The van der Waals surface area contributed by atoms with Crippen LogP contribution in [0.5, 0.6) is 0 Å². The summed E-state index contributed by atoms with van der Waals surface area (Å²) in [7, 11) is 0. The fourth-order valence-electron chi connectivity index (χ4n) is 2.93. The summed E-state index contributed by atoms with van der Waals surface area (Å²) < 4.78 is 13.5. The molecule has 1 saturated carbocycles. The fourth-order valence-corrected chi connectivity index (χ4v) is 3.13.